The number of nitrogens with one attached hydrogen (secondary N) is 2. The zero-order valence-corrected chi connectivity index (χ0v) is 19.9. The first-order valence-electron chi connectivity index (χ1n) is 11.6. The molecule has 1 heterocycles. The lowest BCUT2D eigenvalue weighted by Crippen LogP contribution is -2.25. The van der Waals surface area contributed by atoms with Crippen molar-refractivity contribution >= 4 is 28.5 Å². The van der Waals surface area contributed by atoms with Gasteiger partial charge in [0.05, 0.1) is 11.0 Å². The fourth-order valence-electron chi connectivity index (χ4n) is 3.97. The van der Waals surface area contributed by atoms with E-state index in [1.165, 1.54) is 0 Å². The topological polar surface area (TPSA) is 76.0 Å². The van der Waals surface area contributed by atoms with Crippen LogP contribution in [0, 0.1) is 20.8 Å². The number of imidazole rings is 1. The van der Waals surface area contributed by atoms with Crippen LogP contribution in [0.4, 0.5) is 5.69 Å². The summed E-state index contributed by atoms with van der Waals surface area (Å²) in [5.41, 5.74) is 6.60. The number of carbonyl (C=O) groups excluding carboxylic acids is 2. The zero-order valence-electron chi connectivity index (χ0n) is 19.9. The van der Waals surface area contributed by atoms with Gasteiger partial charge in [-0.2, -0.15) is 0 Å². The van der Waals surface area contributed by atoms with E-state index in [1.807, 2.05) is 92.1 Å². The van der Waals surface area contributed by atoms with Gasteiger partial charge in [-0.05, 0) is 68.7 Å². The number of aromatic nitrogens is 2. The maximum atomic E-state index is 12.9. The summed E-state index contributed by atoms with van der Waals surface area (Å²) in [4.78, 5) is 30.0. The molecule has 0 spiro atoms. The summed E-state index contributed by atoms with van der Waals surface area (Å²) < 4.78 is 1.97. The number of nitrogens with zero attached hydrogens (tertiary/aromatic N) is 2. The standard InChI is InChI=1S/C28H30N4O2/c1-19-13-15-22(16-14-19)28(34)29-17-7-12-26-30-24-9-4-5-11-25(24)32(26)18-27(33)31-23-10-6-8-20(2)21(23)3/h4-6,8-11,13-16H,7,12,17-18H2,1-3H3,(H,29,34)(H,31,33). The Morgan fingerprint density at radius 1 is 0.912 bits per heavy atom. The lowest BCUT2D eigenvalue weighted by molar-refractivity contribution is -0.116. The Morgan fingerprint density at radius 2 is 1.68 bits per heavy atom. The zero-order chi connectivity index (χ0) is 24.1. The molecule has 34 heavy (non-hydrogen) atoms. The molecule has 0 aliphatic rings. The number of rotatable bonds is 8. The SMILES string of the molecule is Cc1ccc(C(=O)NCCCc2nc3ccccc3n2CC(=O)Nc2cccc(C)c2C)cc1. The molecule has 4 aromatic rings. The highest BCUT2D eigenvalue weighted by atomic mass is 16.2. The number of aryl methyl sites for hydroxylation is 3. The third-order valence-electron chi connectivity index (χ3n) is 6.09. The van der Waals surface area contributed by atoms with Gasteiger partial charge in [-0.3, -0.25) is 9.59 Å². The van der Waals surface area contributed by atoms with E-state index in [0.717, 1.165) is 45.7 Å². The van der Waals surface area contributed by atoms with Gasteiger partial charge in [0.1, 0.15) is 12.4 Å². The molecule has 0 bridgehead atoms. The smallest absolute Gasteiger partial charge is 0.251 e. The molecule has 174 valence electrons. The third kappa shape index (κ3) is 5.34. The second kappa shape index (κ2) is 10.3. The molecule has 0 radical (unpaired) electrons. The molecule has 1 aromatic heterocycles. The van der Waals surface area contributed by atoms with Crippen LogP contribution in [0.1, 0.15) is 39.3 Å². The predicted octanol–water partition coefficient (Wildman–Crippen LogP) is 4.96. The van der Waals surface area contributed by atoms with Crippen molar-refractivity contribution in [2.24, 2.45) is 0 Å². The van der Waals surface area contributed by atoms with Gasteiger partial charge in [0.25, 0.3) is 5.91 Å². The van der Waals surface area contributed by atoms with E-state index >= 15 is 0 Å². The molecule has 0 saturated heterocycles. The number of benzene rings is 3. The van der Waals surface area contributed by atoms with Crippen molar-refractivity contribution in [2.45, 2.75) is 40.2 Å². The van der Waals surface area contributed by atoms with Crippen LogP contribution in [0.2, 0.25) is 0 Å². The maximum absolute atomic E-state index is 12.9. The van der Waals surface area contributed by atoms with Crippen molar-refractivity contribution < 1.29 is 9.59 Å². The van der Waals surface area contributed by atoms with Gasteiger partial charge >= 0.3 is 0 Å². The van der Waals surface area contributed by atoms with Crippen molar-refractivity contribution in [3.63, 3.8) is 0 Å². The predicted molar refractivity (Wildman–Crippen MR) is 136 cm³/mol. The molecular weight excluding hydrogens is 424 g/mol. The molecule has 0 aliphatic carbocycles. The minimum Gasteiger partial charge on any atom is -0.352 e. The fourth-order valence-corrected chi connectivity index (χ4v) is 3.97. The second-order valence-electron chi connectivity index (χ2n) is 8.62. The molecule has 0 unspecified atom stereocenters. The fraction of sp³-hybridized carbons (Fsp3) is 0.250. The van der Waals surface area contributed by atoms with Crippen molar-refractivity contribution in [3.8, 4) is 0 Å². The second-order valence-corrected chi connectivity index (χ2v) is 8.62. The van der Waals surface area contributed by atoms with Crippen LogP contribution in [0.3, 0.4) is 0 Å². The van der Waals surface area contributed by atoms with Gasteiger partial charge in [0, 0.05) is 24.2 Å². The molecule has 2 amide bonds. The number of hydrogen-bond acceptors (Lipinski definition) is 3. The summed E-state index contributed by atoms with van der Waals surface area (Å²) in [6.45, 7) is 6.75. The highest BCUT2D eigenvalue weighted by molar-refractivity contribution is 5.94. The highest BCUT2D eigenvalue weighted by Crippen LogP contribution is 2.20. The number of fused-ring (bicyclic) bond motifs is 1. The lowest BCUT2D eigenvalue weighted by Gasteiger charge is -2.13. The Labute approximate surface area is 200 Å². The Morgan fingerprint density at radius 3 is 2.47 bits per heavy atom. The van der Waals surface area contributed by atoms with E-state index in [2.05, 4.69) is 10.6 Å². The number of carbonyl (C=O) groups is 2. The summed E-state index contributed by atoms with van der Waals surface area (Å²) in [6, 6.07) is 21.3. The average molecular weight is 455 g/mol. The molecule has 6 heteroatoms. The molecule has 2 N–H and O–H groups in total. The molecular formula is C28H30N4O2. The van der Waals surface area contributed by atoms with E-state index in [1.54, 1.807) is 0 Å². The molecule has 0 saturated carbocycles. The van der Waals surface area contributed by atoms with Crippen molar-refractivity contribution in [2.75, 3.05) is 11.9 Å². The molecule has 4 rings (SSSR count). The van der Waals surface area contributed by atoms with Gasteiger partial charge < -0.3 is 15.2 Å². The first kappa shape index (κ1) is 23.2. The first-order valence-corrected chi connectivity index (χ1v) is 11.6. The normalized spacial score (nSPS) is 10.9. The summed E-state index contributed by atoms with van der Waals surface area (Å²) in [5.74, 6) is 0.661. The Balaban J connectivity index is 1.42. The average Bonchev–Trinajstić information content (AvgIpc) is 3.17. The van der Waals surface area contributed by atoms with Gasteiger partial charge in [0.2, 0.25) is 5.91 Å². The quantitative estimate of drug-likeness (QED) is 0.369. The van der Waals surface area contributed by atoms with Crippen molar-refractivity contribution in [1.82, 2.24) is 14.9 Å². The van der Waals surface area contributed by atoms with Gasteiger partial charge in [-0.1, -0.05) is 42.0 Å². The number of anilines is 1. The van der Waals surface area contributed by atoms with Crippen molar-refractivity contribution in [3.05, 3.63) is 94.8 Å². The number of para-hydroxylation sites is 2. The van der Waals surface area contributed by atoms with Gasteiger partial charge in [-0.15, -0.1) is 0 Å². The van der Waals surface area contributed by atoms with E-state index < -0.39 is 0 Å². The molecule has 0 atom stereocenters. The van der Waals surface area contributed by atoms with Crippen molar-refractivity contribution in [1.29, 1.82) is 0 Å². The first-order chi connectivity index (χ1) is 16.4. The summed E-state index contributed by atoms with van der Waals surface area (Å²) in [7, 11) is 0. The van der Waals surface area contributed by atoms with E-state index in [4.69, 9.17) is 4.98 Å². The Kier molecular flexibility index (Phi) is 7.07. The molecule has 3 aromatic carbocycles. The van der Waals surface area contributed by atoms with Crippen LogP contribution in [0.25, 0.3) is 11.0 Å². The van der Waals surface area contributed by atoms with Gasteiger partial charge in [0.15, 0.2) is 0 Å². The van der Waals surface area contributed by atoms with Gasteiger partial charge in [-0.25, -0.2) is 4.98 Å². The van der Waals surface area contributed by atoms with Crippen LogP contribution >= 0.6 is 0 Å². The molecule has 0 aliphatic heterocycles. The monoisotopic (exact) mass is 454 g/mol. The van der Waals surface area contributed by atoms with Crippen LogP contribution in [-0.2, 0) is 17.8 Å². The minimum absolute atomic E-state index is 0.0820. The largest absolute Gasteiger partial charge is 0.352 e. The minimum atomic E-state index is -0.0919. The van der Waals surface area contributed by atoms with E-state index in [9.17, 15) is 9.59 Å². The van der Waals surface area contributed by atoms with Crippen LogP contribution in [0.5, 0.6) is 0 Å². The molecule has 0 fully saturated rings. The number of hydrogen-bond donors (Lipinski definition) is 2. The molecule has 6 nitrogen and oxygen atoms in total. The van der Waals surface area contributed by atoms with Crippen LogP contribution < -0.4 is 10.6 Å². The Hall–Kier alpha value is -3.93. The van der Waals surface area contributed by atoms with Crippen LogP contribution in [-0.4, -0.2) is 27.9 Å². The highest BCUT2D eigenvalue weighted by Gasteiger charge is 2.15. The lowest BCUT2D eigenvalue weighted by atomic mass is 10.1. The summed E-state index contributed by atoms with van der Waals surface area (Å²) in [5, 5.41) is 6.01. The van der Waals surface area contributed by atoms with Crippen LogP contribution in [0.15, 0.2) is 66.7 Å². The number of amides is 2. The maximum Gasteiger partial charge on any atom is 0.251 e. The van der Waals surface area contributed by atoms with E-state index in [0.29, 0.717) is 18.5 Å². The van der Waals surface area contributed by atoms with E-state index in [-0.39, 0.29) is 18.4 Å². The summed E-state index contributed by atoms with van der Waals surface area (Å²) in [6.07, 6.45) is 1.37. The summed E-state index contributed by atoms with van der Waals surface area (Å²) >= 11 is 0. The third-order valence-corrected chi connectivity index (χ3v) is 6.09. The Bertz CT molecular complexity index is 1320.